The van der Waals surface area contributed by atoms with E-state index in [9.17, 15) is 14.0 Å². The zero-order valence-corrected chi connectivity index (χ0v) is 16.2. The Bertz CT molecular complexity index is 841. The highest BCUT2D eigenvalue weighted by molar-refractivity contribution is 6.43. The van der Waals surface area contributed by atoms with Gasteiger partial charge in [0.2, 0.25) is 0 Å². The van der Waals surface area contributed by atoms with Gasteiger partial charge in [0.05, 0.1) is 12.7 Å². The summed E-state index contributed by atoms with van der Waals surface area (Å²) < 4.78 is 18.7. The molecule has 1 aliphatic rings. The summed E-state index contributed by atoms with van der Waals surface area (Å²) in [5.41, 5.74) is 1.19. The Kier molecular flexibility index (Phi) is 6.41. The van der Waals surface area contributed by atoms with Crippen molar-refractivity contribution in [2.75, 3.05) is 26.7 Å². The summed E-state index contributed by atoms with van der Waals surface area (Å²) in [5.74, 6) is -1.71. The van der Waals surface area contributed by atoms with Crippen LogP contribution in [-0.2, 0) is 11.3 Å². The first-order chi connectivity index (χ1) is 13.5. The fourth-order valence-corrected chi connectivity index (χ4v) is 3.61. The van der Waals surface area contributed by atoms with Crippen LogP contribution in [0.2, 0.25) is 0 Å². The fourth-order valence-electron chi connectivity index (χ4n) is 3.61. The van der Waals surface area contributed by atoms with Gasteiger partial charge in [-0.2, -0.15) is 0 Å². The number of carbonyl (C=O) groups excluding carboxylic acids is 2. The largest absolute Gasteiger partial charge is 0.496 e. The van der Waals surface area contributed by atoms with Crippen molar-refractivity contribution in [2.45, 2.75) is 25.9 Å². The maximum atomic E-state index is 13.6. The molecule has 2 aromatic carbocycles. The molecule has 0 bridgehead atoms. The Morgan fingerprint density at radius 2 is 1.89 bits per heavy atom. The second-order valence-electron chi connectivity index (χ2n) is 6.94. The summed E-state index contributed by atoms with van der Waals surface area (Å²) in [6.45, 7) is 4.52. The summed E-state index contributed by atoms with van der Waals surface area (Å²) in [6.07, 6.45) is 0.869. The standard InChI is InChI=1S/C22H25FN2O3/c1-3-18-15-25(12-11-24(18)14-16-7-5-4-6-8-16)22(27)21(26)19-13-17(23)9-10-20(19)28-2/h4-10,13,18H,3,11-12,14-15H2,1-2H3/t18-/m0/s1. The van der Waals surface area contributed by atoms with Gasteiger partial charge in [0.1, 0.15) is 11.6 Å². The fraction of sp³-hybridized carbons (Fsp3) is 0.364. The number of halogens is 1. The number of hydrogen-bond donors (Lipinski definition) is 0. The van der Waals surface area contributed by atoms with E-state index in [4.69, 9.17) is 4.74 Å². The number of hydrogen-bond acceptors (Lipinski definition) is 4. The Labute approximate surface area is 164 Å². The third-order valence-electron chi connectivity index (χ3n) is 5.19. The third-order valence-corrected chi connectivity index (χ3v) is 5.19. The normalized spacial score (nSPS) is 17.4. The van der Waals surface area contributed by atoms with E-state index in [1.807, 2.05) is 18.2 Å². The molecule has 1 saturated heterocycles. The van der Waals surface area contributed by atoms with Gasteiger partial charge in [0.25, 0.3) is 11.7 Å². The van der Waals surface area contributed by atoms with Crippen molar-refractivity contribution in [3.63, 3.8) is 0 Å². The molecule has 28 heavy (non-hydrogen) atoms. The first kappa shape index (κ1) is 20.0. The summed E-state index contributed by atoms with van der Waals surface area (Å²) in [7, 11) is 1.39. The van der Waals surface area contributed by atoms with Crippen LogP contribution in [0.3, 0.4) is 0 Å². The van der Waals surface area contributed by atoms with E-state index in [0.717, 1.165) is 19.0 Å². The van der Waals surface area contributed by atoms with Crippen molar-refractivity contribution in [3.8, 4) is 5.75 Å². The minimum Gasteiger partial charge on any atom is -0.496 e. The van der Waals surface area contributed by atoms with E-state index in [1.54, 1.807) is 4.90 Å². The van der Waals surface area contributed by atoms with E-state index in [0.29, 0.717) is 19.6 Å². The van der Waals surface area contributed by atoms with E-state index >= 15 is 0 Å². The predicted molar refractivity (Wildman–Crippen MR) is 105 cm³/mol. The zero-order chi connectivity index (χ0) is 20.1. The number of Topliss-reactive ketones (excluding diaryl/α,β-unsaturated/α-hetero) is 1. The summed E-state index contributed by atoms with van der Waals surface area (Å²) in [6, 6.07) is 14.0. The molecule has 0 radical (unpaired) electrons. The predicted octanol–water partition coefficient (Wildman–Crippen LogP) is 3.14. The minimum absolute atomic E-state index is 0.0349. The van der Waals surface area contributed by atoms with E-state index in [-0.39, 0.29) is 17.4 Å². The molecule has 2 aromatic rings. The smallest absolute Gasteiger partial charge is 0.295 e. The van der Waals surface area contributed by atoms with Crippen LogP contribution in [0.5, 0.6) is 5.75 Å². The van der Waals surface area contributed by atoms with E-state index in [2.05, 4.69) is 24.0 Å². The molecular weight excluding hydrogens is 359 g/mol. The number of nitrogens with zero attached hydrogens (tertiary/aromatic N) is 2. The number of ketones is 1. The molecule has 0 N–H and O–H groups in total. The molecule has 0 aromatic heterocycles. The van der Waals surface area contributed by atoms with E-state index < -0.39 is 17.5 Å². The lowest BCUT2D eigenvalue weighted by Gasteiger charge is -2.41. The monoisotopic (exact) mass is 384 g/mol. The molecule has 1 fully saturated rings. The second-order valence-corrected chi connectivity index (χ2v) is 6.94. The molecule has 1 amide bonds. The number of amides is 1. The molecule has 0 saturated carbocycles. The Morgan fingerprint density at radius 1 is 1.14 bits per heavy atom. The second kappa shape index (κ2) is 8.97. The van der Waals surface area contributed by atoms with Gasteiger partial charge in [-0.05, 0) is 30.2 Å². The quantitative estimate of drug-likeness (QED) is 0.567. The van der Waals surface area contributed by atoms with E-state index in [1.165, 1.54) is 24.8 Å². The molecule has 1 aliphatic heterocycles. The van der Waals surface area contributed by atoms with Crippen LogP contribution in [0.25, 0.3) is 0 Å². The highest BCUT2D eigenvalue weighted by atomic mass is 19.1. The van der Waals surface area contributed by atoms with Crippen LogP contribution in [0, 0.1) is 5.82 Å². The Hall–Kier alpha value is -2.73. The lowest BCUT2D eigenvalue weighted by molar-refractivity contribution is -0.129. The van der Waals surface area contributed by atoms with Gasteiger partial charge in [-0.3, -0.25) is 14.5 Å². The number of methoxy groups -OCH3 is 1. The molecule has 0 aliphatic carbocycles. The first-order valence-electron chi connectivity index (χ1n) is 9.48. The van der Waals surface area contributed by atoms with Crippen LogP contribution < -0.4 is 4.74 Å². The molecule has 3 rings (SSSR count). The van der Waals surface area contributed by atoms with Gasteiger partial charge < -0.3 is 9.64 Å². The molecule has 148 valence electrons. The highest BCUT2D eigenvalue weighted by Crippen LogP contribution is 2.22. The van der Waals surface area contributed by atoms with Crippen LogP contribution >= 0.6 is 0 Å². The first-order valence-corrected chi connectivity index (χ1v) is 9.48. The van der Waals surface area contributed by atoms with Crippen LogP contribution in [0.4, 0.5) is 4.39 Å². The van der Waals surface area contributed by atoms with Gasteiger partial charge in [-0.1, -0.05) is 37.3 Å². The lowest BCUT2D eigenvalue weighted by Crippen LogP contribution is -2.55. The number of carbonyl (C=O) groups is 2. The van der Waals surface area contributed by atoms with Gasteiger partial charge in [-0.15, -0.1) is 0 Å². The van der Waals surface area contributed by atoms with Gasteiger partial charge >= 0.3 is 0 Å². The van der Waals surface area contributed by atoms with Crippen molar-refractivity contribution < 1.29 is 18.7 Å². The SMILES string of the molecule is CC[C@H]1CN(C(=O)C(=O)c2cc(F)ccc2OC)CCN1Cc1ccccc1. The maximum Gasteiger partial charge on any atom is 0.295 e. The average molecular weight is 384 g/mol. The molecular formula is C22H25FN2O3. The summed E-state index contributed by atoms with van der Waals surface area (Å²) >= 11 is 0. The van der Waals surface area contributed by atoms with Crippen LogP contribution in [0.15, 0.2) is 48.5 Å². The van der Waals surface area contributed by atoms with Gasteiger partial charge in [-0.25, -0.2) is 4.39 Å². The third kappa shape index (κ3) is 4.39. The summed E-state index contributed by atoms with van der Waals surface area (Å²) in [5, 5.41) is 0. The molecule has 5 nitrogen and oxygen atoms in total. The number of piperazine rings is 1. The topological polar surface area (TPSA) is 49.9 Å². The highest BCUT2D eigenvalue weighted by Gasteiger charge is 2.32. The number of ether oxygens (including phenoxy) is 1. The van der Waals surface area contributed by atoms with Crippen molar-refractivity contribution in [2.24, 2.45) is 0 Å². The molecule has 6 heteroatoms. The molecule has 1 heterocycles. The average Bonchev–Trinajstić information content (AvgIpc) is 2.73. The minimum atomic E-state index is -0.734. The molecule has 0 spiro atoms. The van der Waals surface area contributed by atoms with Gasteiger partial charge in [0, 0.05) is 32.2 Å². The Balaban J connectivity index is 1.70. The Morgan fingerprint density at radius 3 is 2.57 bits per heavy atom. The number of rotatable bonds is 6. The van der Waals surface area contributed by atoms with Gasteiger partial charge in [0.15, 0.2) is 0 Å². The lowest BCUT2D eigenvalue weighted by atomic mass is 10.0. The van der Waals surface area contributed by atoms with Crippen molar-refractivity contribution in [1.82, 2.24) is 9.80 Å². The van der Waals surface area contributed by atoms with Crippen LogP contribution in [0.1, 0.15) is 29.3 Å². The molecule has 0 unspecified atom stereocenters. The van der Waals surface area contributed by atoms with Crippen molar-refractivity contribution in [1.29, 1.82) is 0 Å². The maximum absolute atomic E-state index is 13.6. The summed E-state index contributed by atoms with van der Waals surface area (Å²) in [4.78, 5) is 29.4. The number of benzene rings is 2. The zero-order valence-electron chi connectivity index (χ0n) is 16.2. The van der Waals surface area contributed by atoms with Crippen molar-refractivity contribution in [3.05, 3.63) is 65.5 Å². The molecule has 1 atom stereocenters. The van der Waals surface area contributed by atoms with Crippen LogP contribution in [-0.4, -0.2) is 54.3 Å². The van der Waals surface area contributed by atoms with Crippen molar-refractivity contribution >= 4 is 11.7 Å².